The van der Waals surface area contributed by atoms with Gasteiger partial charge in [-0.2, -0.15) is 0 Å². The number of carbonyl (C=O) groups is 1. The molecule has 0 aliphatic rings. The van der Waals surface area contributed by atoms with Crippen molar-refractivity contribution in [2.24, 2.45) is 5.92 Å². The number of aliphatic hydroxyl groups is 2. The van der Waals surface area contributed by atoms with Crippen LogP contribution in [0.2, 0.25) is 0 Å². The van der Waals surface area contributed by atoms with Gasteiger partial charge < -0.3 is 15.3 Å². The first-order valence-electron chi connectivity index (χ1n) is 6.31. The topological polar surface area (TPSA) is 77.8 Å². The molecular weight excluding hydrogens is 244 g/mol. The monoisotopic (exact) mass is 264 g/mol. The van der Waals surface area contributed by atoms with Crippen molar-refractivity contribution in [1.82, 2.24) is 0 Å². The van der Waals surface area contributed by atoms with Gasteiger partial charge in [0.2, 0.25) is 0 Å². The van der Waals surface area contributed by atoms with Gasteiger partial charge in [0.25, 0.3) is 0 Å². The van der Waals surface area contributed by atoms with Crippen molar-refractivity contribution in [2.75, 3.05) is 0 Å². The van der Waals surface area contributed by atoms with Gasteiger partial charge in [0.05, 0.1) is 0 Å². The summed E-state index contributed by atoms with van der Waals surface area (Å²) in [6.45, 7) is 1.92. The number of rotatable bonds is 7. The highest BCUT2D eigenvalue weighted by Crippen LogP contribution is 2.27. The van der Waals surface area contributed by atoms with E-state index < -0.39 is 11.8 Å². The molecule has 0 fully saturated rings. The van der Waals surface area contributed by atoms with Crippen LogP contribution < -0.4 is 0 Å². The van der Waals surface area contributed by atoms with E-state index in [2.05, 4.69) is 0 Å². The molecule has 0 bridgehead atoms. The van der Waals surface area contributed by atoms with Gasteiger partial charge in [0, 0.05) is 18.1 Å². The lowest BCUT2D eigenvalue weighted by Gasteiger charge is -2.25. The highest BCUT2D eigenvalue weighted by Gasteiger charge is 2.27. The molecule has 0 saturated heterocycles. The second kappa shape index (κ2) is 7.07. The Hall–Kier alpha value is -1.65. The van der Waals surface area contributed by atoms with Crippen molar-refractivity contribution >= 4 is 5.97 Å². The number of carboxylic acids is 1. The van der Waals surface area contributed by atoms with Crippen molar-refractivity contribution in [3.63, 3.8) is 0 Å². The predicted molar refractivity (Wildman–Crippen MR) is 72.3 cm³/mol. The first-order valence-corrected chi connectivity index (χ1v) is 6.31. The Bertz CT molecular complexity index is 423. The van der Waals surface area contributed by atoms with Crippen molar-refractivity contribution in [3.05, 3.63) is 48.0 Å². The average molecular weight is 264 g/mol. The van der Waals surface area contributed by atoms with Crippen molar-refractivity contribution in [2.45, 2.75) is 32.0 Å². The van der Waals surface area contributed by atoms with Crippen LogP contribution in [0.4, 0.5) is 0 Å². The molecule has 1 rings (SSSR count). The molecule has 1 atom stereocenters. The lowest BCUT2D eigenvalue weighted by atomic mass is 9.92. The Morgan fingerprint density at radius 1 is 1.32 bits per heavy atom. The van der Waals surface area contributed by atoms with Gasteiger partial charge in [-0.1, -0.05) is 43.3 Å². The smallest absolute Gasteiger partial charge is 0.327 e. The molecule has 19 heavy (non-hydrogen) atoms. The molecule has 1 aromatic carbocycles. The van der Waals surface area contributed by atoms with E-state index in [-0.39, 0.29) is 12.3 Å². The molecule has 0 aliphatic carbocycles. The molecule has 4 nitrogen and oxygen atoms in total. The molecule has 3 N–H and O–H groups in total. The zero-order chi connectivity index (χ0) is 14.3. The van der Waals surface area contributed by atoms with E-state index in [1.165, 1.54) is 0 Å². The molecule has 0 aromatic heterocycles. The number of hydrogen-bond donors (Lipinski definition) is 3. The van der Waals surface area contributed by atoms with Gasteiger partial charge in [0.15, 0.2) is 5.79 Å². The predicted octanol–water partition coefficient (Wildman–Crippen LogP) is 2.27. The standard InChI is InChI=1S/C15H20O4/c1-12(7-5-6-10-14(16)17)11-15(18,19)13-8-3-2-4-9-13/h2-4,6,8-10,12,18-19H,5,7,11H2,1H3,(H,16,17)/b10-6+. The van der Waals surface area contributed by atoms with Crippen LogP contribution in [-0.4, -0.2) is 21.3 Å². The summed E-state index contributed by atoms with van der Waals surface area (Å²) in [6.07, 6.45) is 4.22. The Labute approximate surface area is 113 Å². The molecule has 0 spiro atoms. The fourth-order valence-electron chi connectivity index (χ4n) is 1.98. The van der Waals surface area contributed by atoms with Gasteiger partial charge in [-0.05, 0) is 18.8 Å². The number of allylic oxidation sites excluding steroid dienone is 1. The quantitative estimate of drug-likeness (QED) is 0.521. The third kappa shape index (κ3) is 5.68. The van der Waals surface area contributed by atoms with E-state index in [1.54, 1.807) is 30.3 Å². The minimum atomic E-state index is -1.84. The molecule has 4 heteroatoms. The fraction of sp³-hybridized carbons (Fsp3) is 0.400. The number of carboxylic acid groups (broad SMARTS) is 1. The minimum Gasteiger partial charge on any atom is -0.478 e. The molecule has 0 heterocycles. The van der Waals surface area contributed by atoms with Crippen LogP contribution in [0.25, 0.3) is 0 Å². The fourth-order valence-corrected chi connectivity index (χ4v) is 1.98. The second-order valence-electron chi connectivity index (χ2n) is 4.81. The van der Waals surface area contributed by atoms with Crippen LogP contribution in [0, 0.1) is 5.92 Å². The van der Waals surface area contributed by atoms with Gasteiger partial charge in [0.1, 0.15) is 0 Å². The Morgan fingerprint density at radius 3 is 2.53 bits per heavy atom. The Kier molecular flexibility index (Phi) is 5.73. The summed E-state index contributed by atoms with van der Waals surface area (Å²) >= 11 is 0. The summed E-state index contributed by atoms with van der Waals surface area (Å²) in [5.41, 5.74) is 0.475. The third-order valence-corrected chi connectivity index (χ3v) is 2.96. The van der Waals surface area contributed by atoms with E-state index in [1.807, 2.05) is 13.0 Å². The SMILES string of the molecule is CC(CC/C=C/C(=O)O)CC(O)(O)c1ccccc1. The van der Waals surface area contributed by atoms with E-state index in [4.69, 9.17) is 5.11 Å². The van der Waals surface area contributed by atoms with Gasteiger partial charge >= 0.3 is 5.97 Å². The summed E-state index contributed by atoms with van der Waals surface area (Å²) in [7, 11) is 0. The molecule has 104 valence electrons. The van der Waals surface area contributed by atoms with Crippen molar-refractivity contribution < 1.29 is 20.1 Å². The zero-order valence-electron chi connectivity index (χ0n) is 11.0. The lowest BCUT2D eigenvalue weighted by Crippen LogP contribution is -2.27. The first-order chi connectivity index (χ1) is 8.92. The maximum Gasteiger partial charge on any atom is 0.327 e. The lowest BCUT2D eigenvalue weighted by molar-refractivity contribution is -0.182. The van der Waals surface area contributed by atoms with Crippen molar-refractivity contribution in [3.8, 4) is 0 Å². The molecular formula is C15H20O4. The summed E-state index contributed by atoms with van der Waals surface area (Å²) in [4.78, 5) is 10.3. The Morgan fingerprint density at radius 2 is 1.95 bits per heavy atom. The number of hydrogen-bond acceptors (Lipinski definition) is 3. The normalized spacial score (nSPS) is 13.6. The van der Waals surface area contributed by atoms with E-state index in [0.29, 0.717) is 18.4 Å². The van der Waals surface area contributed by atoms with Gasteiger partial charge in [-0.3, -0.25) is 0 Å². The van der Waals surface area contributed by atoms with Crippen LogP contribution in [0.1, 0.15) is 31.7 Å². The van der Waals surface area contributed by atoms with Crippen molar-refractivity contribution in [1.29, 1.82) is 0 Å². The van der Waals surface area contributed by atoms with E-state index in [0.717, 1.165) is 6.08 Å². The van der Waals surface area contributed by atoms with Crippen LogP contribution in [0.3, 0.4) is 0 Å². The van der Waals surface area contributed by atoms with Crippen LogP contribution in [-0.2, 0) is 10.6 Å². The average Bonchev–Trinajstić information content (AvgIpc) is 2.35. The highest BCUT2D eigenvalue weighted by atomic mass is 16.5. The Balaban J connectivity index is 2.47. The highest BCUT2D eigenvalue weighted by molar-refractivity contribution is 5.79. The van der Waals surface area contributed by atoms with Gasteiger partial charge in [-0.25, -0.2) is 4.79 Å². The van der Waals surface area contributed by atoms with E-state index in [9.17, 15) is 15.0 Å². The summed E-state index contributed by atoms with van der Waals surface area (Å²) in [5, 5.41) is 28.5. The largest absolute Gasteiger partial charge is 0.478 e. The maximum absolute atomic E-state index is 10.3. The molecule has 1 aromatic rings. The second-order valence-corrected chi connectivity index (χ2v) is 4.81. The summed E-state index contributed by atoms with van der Waals surface area (Å²) in [6, 6.07) is 8.70. The summed E-state index contributed by atoms with van der Waals surface area (Å²) in [5.74, 6) is -2.72. The molecule has 0 radical (unpaired) electrons. The number of aliphatic carboxylic acids is 1. The van der Waals surface area contributed by atoms with Crippen LogP contribution in [0.5, 0.6) is 0 Å². The molecule has 1 unspecified atom stereocenters. The van der Waals surface area contributed by atoms with Crippen LogP contribution >= 0.6 is 0 Å². The maximum atomic E-state index is 10.3. The summed E-state index contributed by atoms with van der Waals surface area (Å²) < 4.78 is 0. The van der Waals surface area contributed by atoms with Gasteiger partial charge in [-0.15, -0.1) is 0 Å². The molecule has 0 saturated carbocycles. The van der Waals surface area contributed by atoms with Crippen LogP contribution in [0.15, 0.2) is 42.5 Å². The third-order valence-electron chi connectivity index (χ3n) is 2.96. The molecule has 0 amide bonds. The molecule has 0 aliphatic heterocycles. The van der Waals surface area contributed by atoms with E-state index >= 15 is 0 Å². The number of benzene rings is 1. The minimum absolute atomic E-state index is 0.0775. The zero-order valence-corrected chi connectivity index (χ0v) is 11.0. The first kappa shape index (κ1) is 15.4.